The van der Waals surface area contributed by atoms with Crippen LogP contribution in [0.1, 0.15) is 31.7 Å². The SMILES string of the molecule is Cc1cccc(Cl)c1N1CC=C[C@]23S[C@]4(C)/C=C\CCCCOC(=O)[C@@H]4[C@H]2C(=O)N(CCO)C3C1=O. The van der Waals surface area contributed by atoms with Gasteiger partial charge in [-0.2, -0.15) is 0 Å². The zero-order chi connectivity index (χ0) is 25.7. The number of para-hydroxylation sites is 1. The summed E-state index contributed by atoms with van der Waals surface area (Å²) in [7, 11) is 0. The summed E-state index contributed by atoms with van der Waals surface area (Å²) in [5.74, 6) is -2.50. The molecule has 5 atom stereocenters. The number of benzene rings is 1. The number of aliphatic hydroxyl groups is 1. The van der Waals surface area contributed by atoms with E-state index in [4.69, 9.17) is 16.3 Å². The Morgan fingerprint density at radius 1 is 1.14 bits per heavy atom. The number of ether oxygens (including phenoxy) is 1. The lowest BCUT2D eigenvalue weighted by molar-refractivity contribution is -0.154. The predicted molar refractivity (Wildman–Crippen MR) is 140 cm³/mol. The highest BCUT2D eigenvalue weighted by atomic mass is 35.5. The van der Waals surface area contributed by atoms with Gasteiger partial charge in [0, 0.05) is 17.8 Å². The van der Waals surface area contributed by atoms with Crippen molar-refractivity contribution in [1.29, 1.82) is 0 Å². The van der Waals surface area contributed by atoms with E-state index >= 15 is 0 Å². The molecule has 192 valence electrons. The van der Waals surface area contributed by atoms with Gasteiger partial charge in [0.25, 0.3) is 5.91 Å². The first-order chi connectivity index (χ1) is 17.2. The van der Waals surface area contributed by atoms with Crippen molar-refractivity contribution < 1.29 is 24.2 Å². The number of carbonyl (C=O) groups excluding carboxylic acids is 3. The maximum Gasteiger partial charge on any atom is 0.311 e. The number of hydrogen-bond acceptors (Lipinski definition) is 6. The Morgan fingerprint density at radius 3 is 2.69 bits per heavy atom. The number of esters is 1. The quantitative estimate of drug-likeness (QED) is 0.475. The van der Waals surface area contributed by atoms with Gasteiger partial charge in [-0.1, -0.05) is 48.0 Å². The molecule has 2 amide bonds. The van der Waals surface area contributed by atoms with Gasteiger partial charge in [-0.15, -0.1) is 11.8 Å². The second-order valence-corrected chi connectivity index (χ2v) is 12.3. The Morgan fingerprint density at radius 2 is 1.94 bits per heavy atom. The van der Waals surface area contributed by atoms with Crippen LogP contribution in [0.25, 0.3) is 0 Å². The number of amides is 2. The van der Waals surface area contributed by atoms with Gasteiger partial charge in [-0.25, -0.2) is 0 Å². The number of anilines is 1. The highest BCUT2D eigenvalue weighted by Crippen LogP contribution is 2.65. The third-order valence-electron chi connectivity index (χ3n) is 7.80. The van der Waals surface area contributed by atoms with Crippen molar-refractivity contribution >= 4 is 46.8 Å². The van der Waals surface area contributed by atoms with Crippen LogP contribution in [-0.4, -0.2) is 69.6 Å². The lowest BCUT2D eigenvalue weighted by Gasteiger charge is -2.37. The summed E-state index contributed by atoms with van der Waals surface area (Å²) in [6, 6.07) is 4.58. The van der Waals surface area contributed by atoms with Crippen LogP contribution >= 0.6 is 23.4 Å². The van der Waals surface area contributed by atoms with Crippen molar-refractivity contribution in [2.45, 2.75) is 48.6 Å². The number of thioether (sulfide) groups is 1. The summed E-state index contributed by atoms with van der Waals surface area (Å²) in [5.41, 5.74) is 1.46. The number of allylic oxidation sites excluding steroid dienone is 1. The van der Waals surface area contributed by atoms with Crippen LogP contribution in [0.15, 0.2) is 42.5 Å². The molecule has 1 aromatic carbocycles. The largest absolute Gasteiger partial charge is 0.465 e. The van der Waals surface area contributed by atoms with Gasteiger partial charge in [-0.3, -0.25) is 14.4 Å². The number of aryl methyl sites for hydroxylation is 1. The van der Waals surface area contributed by atoms with E-state index in [2.05, 4.69) is 6.08 Å². The molecule has 7 nitrogen and oxygen atoms in total. The number of rotatable bonds is 3. The molecule has 0 saturated carbocycles. The van der Waals surface area contributed by atoms with E-state index in [1.54, 1.807) is 11.0 Å². The number of cyclic esters (lactones) is 1. The summed E-state index contributed by atoms with van der Waals surface area (Å²) in [6.07, 6.45) is 10.5. The van der Waals surface area contributed by atoms with Crippen molar-refractivity contribution in [2.24, 2.45) is 11.8 Å². The Bertz CT molecular complexity index is 1130. The van der Waals surface area contributed by atoms with E-state index in [1.165, 1.54) is 16.7 Å². The Labute approximate surface area is 220 Å². The van der Waals surface area contributed by atoms with Crippen molar-refractivity contribution in [3.05, 3.63) is 53.1 Å². The molecule has 9 heteroatoms. The van der Waals surface area contributed by atoms with Crippen molar-refractivity contribution in [2.75, 3.05) is 31.2 Å². The average molecular weight is 531 g/mol. The Kier molecular flexibility index (Phi) is 6.72. The topological polar surface area (TPSA) is 87.2 Å². The van der Waals surface area contributed by atoms with Gasteiger partial charge in [0.1, 0.15) is 6.04 Å². The fraction of sp³-hybridized carbons (Fsp3) is 0.519. The highest BCUT2D eigenvalue weighted by molar-refractivity contribution is 8.02. The van der Waals surface area contributed by atoms with Crippen LogP contribution in [0.3, 0.4) is 0 Å². The number of halogens is 1. The number of likely N-dealkylation sites (tertiary alicyclic amines) is 1. The maximum absolute atomic E-state index is 14.3. The molecule has 1 spiro atoms. The smallest absolute Gasteiger partial charge is 0.311 e. The average Bonchev–Trinajstić information content (AvgIpc) is 3.15. The molecule has 0 aliphatic carbocycles. The van der Waals surface area contributed by atoms with Crippen molar-refractivity contribution in [3.8, 4) is 0 Å². The molecule has 36 heavy (non-hydrogen) atoms. The first kappa shape index (κ1) is 25.4. The Balaban J connectivity index is 1.66. The normalized spacial score (nSPS) is 35.1. The summed E-state index contributed by atoms with van der Waals surface area (Å²) in [4.78, 5) is 44.9. The van der Waals surface area contributed by atoms with Gasteiger partial charge in [0.15, 0.2) is 0 Å². The van der Waals surface area contributed by atoms with Crippen LogP contribution < -0.4 is 4.90 Å². The zero-order valence-corrected chi connectivity index (χ0v) is 22.1. The predicted octanol–water partition coefficient (Wildman–Crippen LogP) is 3.51. The molecule has 1 N–H and O–H groups in total. The number of carbonyl (C=O) groups is 3. The monoisotopic (exact) mass is 530 g/mol. The molecule has 1 aromatic rings. The summed E-state index contributed by atoms with van der Waals surface area (Å²) >= 11 is 8.05. The molecule has 4 heterocycles. The molecule has 2 saturated heterocycles. The van der Waals surface area contributed by atoms with Gasteiger partial charge < -0.3 is 19.6 Å². The van der Waals surface area contributed by atoms with Gasteiger partial charge >= 0.3 is 5.97 Å². The summed E-state index contributed by atoms with van der Waals surface area (Å²) < 4.78 is 3.96. The van der Waals surface area contributed by atoms with E-state index in [0.29, 0.717) is 17.3 Å². The third-order valence-corrected chi connectivity index (χ3v) is 9.90. The second-order valence-electron chi connectivity index (χ2n) is 10.1. The van der Waals surface area contributed by atoms with Crippen LogP contribution in [0, 0.1) is 18.8 Å². The molecule has 0 bridgehead atoms. The van der Waals surface area contributed by atoms with E-state index in [-0.39, 0.29) is 31.5 Å². The molecule has 4 aliphatic heterocycles. The molecule has 4 aliphatic rings. The van der Waals surface area contributed by atoms with Crippen LogP contribution in [0.2, 0.25) is 5.02 Å². The minimum Gasteiger partial charge on any atom is -0.465 e. The second kappa shape index (κ2) is 9.54. The fourth-order valence-electron chi connectivity index (χ4n) is 6.31. The number of fused-ring (bicyclic) bond motifs is 2. The van der Waals surface area contributed by atoms with Gasteiger partial charge in [-0.05, 0) is 44.7 Å². The zero-order valence-electron chi connectivity index (χ0n) is 20.5. The van der Waals surface area contributed by atoms with E-state index in [1.807, 2.05) is 44.2 Å². The number of nitrogens with zero attached hydrogens (tertiary/aromatic N) is 2. The highest BCUT2D eigenvalue weighted by Gasteiger charge is 2.73. The standard InChI is InChI=1S/C27H31ClN2O5S/c1-17-9-7-10-18(28)21(17)29-13-8-12-27-19(23(32)30(14-15-31)22(27)24(29)33)20-25(34)35-16-6-4-3-5-11-26(20,2)36-27/h5,7-12,19-20,22,31H,3-4,6,13-16H2,1-2H3/b11-5-/t19-,20-,22?,26+,27-/m0/s1. The first-order valence-corrected chi connectivity index (χ1v) is 13.6. The summed E-state index contributed by atoms with van der Waals surface area (Å²) in [6.45, 7) is 4.19. The fourth-order valence-corrected chi connectivity index (χ4v) is 8.79. The first-order valence-electron chi connectivity index (χ1n) is 12.5. The Hall–Kier alpha value is -2.29. The van der Waals surface area contributed by atoms with Gasteiger partial charge in [0.05, 0.1) is 40.5 Å². The third kappa shape index (κ3) is 3.80. The number of hydrogen-bond donors (Lipinski definition) is 1. The van der Waals surface area contributed by atoms with Crippen LogP contribution in [0.4, 0.5) is 5.69 Å². The van der Waals surface area contributed by atoms with Crippen LogP contribution in [-0.2, 0) is 19.1 Å². The maximum atomic E-state index is 14.3. The lowest BCUT2D eigenvalue weighted by atomic mass is 9.74. The molecule has 0 aromatic heterocycles. The van der Waals surface area contributed by atoms with E-state index < -0.39 is 33.3 Å². The molecule has 2 fully saturated rings. The molecular weight excluding hydrogens is 500 g/mol. The summed E-state index contributed by atoms with van der Waals surface area (Å²) in [5, 5.41) is 10.3. The number of aliphatic hydroxyl groups excluding tert-OH is 1. The molecule has 5 rings (SSSR count). The van der Waals surface area contributed by atoms with Crippen molar-refractivity contribution in [3.63, 3.8) is 0 Å². The van der Waals surface area contributed by atoms with Crippen molar-refractivity contribution in [1.82, 2.24) is 4.90 Å². The number of β-amino-alcohol motifs (C(OH)–C–C–N with tert-alkyl or cyclic N) is 1. The van der Waals surface area contributed by atoms with E-state index in [0.717, 1.165) is 24.8 Å². The van der Waals surface area contributed by atoms with E-state index in [9.17, 15) is 19.5 Å². The van der Waals surface area contributed by atoms with Gasteiger partial charge in [0.2, 0.25) is 5.91 Å². The lowest BCUT2D eigenvalue weighted by Crippen LogP contribution is -2.54. The molecular formula is C27H31ClN2O5S. The molecule has 1 unspecified atom stereocenters. The molecule has 0 radical (unpaired) electrons. The minimum atomic E-state index is -0.982. The van der Waals surface area contributed by atoms with Crippen LogP contribution in [0.5, 0.6) is 0 Å². The minimum absolute atomic E-state index is 0.00551.